The van der Waals surface area contributed by atoms with E-state index in [2.05, 4.69) is 5.10 Å². The lowest BCUT2D eigenvalue weighted by Crippen LogP contribution is -1.98. The van der Waals surface area contributed by atoms with E-state index in [0.29, 0.717) is 5.75 Å². The SMILES string of the molecule is Cn1cc(Oc2cccc(N)c2[N+](=O)[O-])cn1. The van der Waals surface area contributed by atoms with Crippen LogP contribution in [0.4, 0.5) is 11.4 Å². The number of rotatable bonds is 3. The molecule has 0 fully saturated rings. The number of anilines is 1. The minimum Gasteiger partial charge on any atom is -0.447 e. The lowest BCUT2D eigenvalue weighted by molar-refractivity contribution is -0.384. The normalized spacial score (nSPS) is 10.2. The third-order valence-corrected chi connectivity index (χ3v) is 2.12. The van der Waals surface area contributed by atoms with Crippen molar-refractivity contribution in [1.82, 2.24) is 9.78 Å². The van der Waals surface area contributed by atoms with E-state index >= 15 is 0 Å². The zero-order chi connectivity index (χ0) is 12.4. The smallest absolute Gasteiger partial charge is 0.334 e. The minimum atomic E-state index is -0.568. The van der Waals surface area contributed by atoms with Crippen molar-refractivity contribution < 1.29 is 9.66 Å². The topological polar surface area (TPSA) is 96.2 Å². The van der Waals surface area contributed by atoms with Gasteiger partial charge < -0.3 is 10.5 Å². The summed E-state index contributed by atoms with van der Waals surface area (Å²) in [6, 6.07) is 4.53. The van der Waals surface area contributed by atoms with Gasteiger partial charge in [0, 0.05) is 7.05 Å². The molecule has 0 spiro atoms. The maximum atomic E-state index is 10.9. The zero-order valence-corrected chi connectivity index (χ0v) is 9.03. The van der Waals surface area contributed by atoms with E-state index in [1.165, 1.54) is 23.0 Å². The third kappa shape index (κ3) is 2.17. The lowest BCUT2D eigenvalue weighted by atomic mass is 10.2. The second kappa shape index (κ2) is 4.12. The van der Waals surface area contributed by atoms with Crippen LogP contribution in [0, 0.1) is 10.1 Å². The van der Waals surface area contributed by atoms with Crippen LogP contribution in [-0.2, 0) is 7.05 Å². The van der Waals surface area contributed by atoms with Crippen molar-refractivity contribution in [3.63, 3.8) is 0 Å². The molecule has 1 heterocycles. The van der Waals surface area contributed by atoms with Gasteiger partial charge in [0.05, 0.1) is 17.3 Å². The van der Waals surface area contributed by atoms with Gasteiger partial charge in [0.1, 0.15) is 5.69 Å². The standard InChI is InChI=1S/C10H10N4O3/c1-13-6-7(5-12-13)17-9-4-2-3-8(11)10(9)14(15)16/h2-6H,11H2,1H3. The molecular weight excluding hydrogens is 224 g/mol. The van der Waals surface area contributed by atoms with Gasteiger partial charge in [0.15, 0.2) is 5.75 Å². The van der Waals surface area contributed by atoms with Gasteiger partial charge in [0.2, 0.25) is 5.75 Å². The molecule has 1 aromatic carbocycles. The van der Waals surface area contributed by atoms with E-state index in [1.807, 2.05) is 0 Å². The fourth-order valence-electron chi connectivity index (χ4n) is 1.40. The van der Waals surface area contributed by atoms with Gasteiger partial charge in [-0.05, 0) is 12.1 Å². The molecule has 0 radical (unpaired) electrons. The van der Waals surface area contributed by atoms with Crippen molar-refractivity contribution in [1.29, 1.82) is 0 Å². The van der Waals surface area contributed by atoms with Gasteiger partial charge >= 0.3 is 5.69 Å². The maximum Gasteiger partial charge on any atom is 0.334 e. The number of hydrogen-bond donors (Lipinski definition) is 1. The molecule has 0 aliphatic rings. The number of nitro benzene ring substituents is 1. The predicted molar refractivity (Wildman–Crippen MR) is 60.8 cm³/mol. The Labute approximate surface area is 96.6 Å². The fourth-order valence-corrected chi connectivity index (χ4v) is 1.40. The Kier molecular flexibility index (Phi) is 2.65. The number of nitro groups is 1. The number of aryl methyl sites for hydroxylation is 1. The summed E-state index contributed by atoms with van der Waals surface area (Å²) >= 11 is 0. The molecule has 1 aromatic heterocycles. The minimum absolute atomic E-state index is 0.0661. The van der Waals surface area contributed by atoms with Crippen molar-refractivity contribution >= 4 is 11.4 Å². The number of benzene rings is 1. The summed E-state index contributed by atoms with van der Waals surface area (Å²) in [4.78, 5) is 10.3. The molecule has 0 aliphatic heterocycles. The molecule has 88 valence electrons. The summed E-state index contributed by atoms with van der Waals surface area (Å²) in [6.07, 6.45) is 3.07. The highest BCUT2D eigenvalue weighted by atomic mass is 16.6. The molecule has 0 bridgehead atoms. The molecule has 7 heteroatoms. The molecule has 0 unspecified atom stereocenters. The van der Waals surface area contributed by atoms with Crippen LogP contribution in [0.25, 0.3) is 0 Å². The second-order valence-corrected chi connectivity index (χ2v) is 3.40. The molecule has 7 nitrogen and oxygen atoms in total. The van der Waals surface area contributed by atoms with Crippen LogP contribution < -0.4 is 10.5 Å². The fraction of sp³-hybridized carbons (Fsp3) is 0.100. The second-order valence-electron chi connectivity index (χ2n) is 3.40. The number of nitrogens with zero attached hydrogens (tertiary/aromatic N) is 3. The first kappa shape index (κ1) is 10.9. The van der Waals surface area contributed by atoms with Crippen molar-refractivity contribution in [3.8, 4) is 11.5 Å². The van der Waals surface area contributed by atoms with Crippen LogP contribution in [0.3, 0.4) is 0 Å². The van der Waals surface area contributed by atoms with Gasteiger partial charge in [-0.2, -0.15) is 5.10 Å². The Bertz CT molecular complexity index is 564. The van der Waals surface area contributed by atoms with Gasteiger partial charge in [-0.1, -0.05) is 6.07 Å². The molecule has 0 atom stereocenters. The van der Waals surface area contributed by atoms with E-state index in [0.717, 1.165) is 0 Å². The first-order valence-corrected chi connectivity index (χ1v) is 4.77. The first-order chi connectivity index (χ1) is 8.08. The Morgan fingerprint density at radius 3 is 2.88 bits per heavy atom. The number of hydrogen-bond acceptors (Lipinski definition) is 5. The van der Waals surface area contributed by atoms with Gasteiger partial charge in [-0.3, -0.25) is 14.8 Å². The van der Waals surface area contributed by atoms with E-state index < -0.39 is 4.92 Å². The zero-order valence-electron chi connectivity index (χ0n) is 9.03. The lowest BCUT2D eigenvalue weighted by Gasteiger charge is -2.04. The molecule has 2 aromatic rings. The predicted octanol–water partition coefficient (Wildman–Crippen LogP) is 1.70. The summed E-state index contributed by atoms with van der Waals surface area (Å²) in [5, 5.41) is 14.8. The van der Waals surface area contributed by atoms with Gasteiger partial charge in [0.25, 0.3) is 0 Å². The summed E-state index contributed by atoms with van der Waals surface area (Å²) in [5.41, 5.74) is 5.37. The van der Waals surface area contributed by atoms with E-state index in [4.69, 9.17) is 10.5 Å². The average molecular weight is 234 g/mol. The number of nitrogens with two attached hydrogens (primary N) is 1. The quantitative estimate of drug-likeness (QED) is 0.495. The largest absolute Gasteiger partial charge is 0.447 e. The first-order valence-electron chi connectivity index (χ1n) is 4.77. The van der Waals surface area contributed by atoms with Gasteiger partial charge in [-0.15, -0.1) is 0 Å². The van der Waals surface area contributed by atoms with E-state index in [-0.39, 0.29) is 17.1 Å². The molecular formula is C10H10N4O3. The van der Waals surface area contributed by atoms with Gasteiger partial charge in [-0.25, -0.2) is 0 Å². The number of para-hydroxylation sites is 1. The van der Waals surface area contributed by atoms with Crippen molar-refractivity contribution in [3.05, 3.63) is 40.7 Å². The molecule has 2 N–H and O–H groups in total. The van der Waals surface area contributed by atoms with Crippen LogP contribution in [0.1, 0.15) is 0 Å². The molecule has 2 rings (SSSR count). The van der Waals surface area contributed by atoms with Crippen LogP contribution in [0.5, 0.6) is 11.5 Å². The van der Waals surface area contributed by atoms with Crippen LogP contribution >= 0.6 is 0 Å². The third-order valence-electron chi connectivity index (χ3n) is 2.12. The number of aromatic nitrogens is 2. The summed E-state index contributed by atoms with van der Waals surface area (Å²) < 4.78 is 6.90. The van der Waals surface area contributed by atoms with Crippen LogP contribution in [0.2, 0.25) is 0 Å². The molecule has 17 heavy (non-hydrogen) atoms. The highest BCUT2D eigenvalue weighted by Gasteiger charge is 2.19. The van der Waals surface area contributed by atoms with E-state index in [1.54, 1.807) is 19.3 Å². The van der Waals surface area contributed by atoms with E-state index in [9.17, 15) is 10.1 Å². The molecule has 0 saturated carbocycles. The van der Waals surface area contributed by atoms with Crippen LogP contribution in [0.15, 0.2) is 30.6 Å². The maximum absolute atomic E-state index is 10.9. The Morgan fingerprint density at radius 1 is 1.53 bits per heavy atom. The summed E-state index contributed by atoms with van der Waals surface area (Å²) in [6.45, 7) is 0. The molecule has 0 aliphatic carbocycles. The Balaban J connectivity index is 2.39. The molecule has 0 saturated heterocycles. The van der Waals surface area contributed by atoms with Crippen LogP contribution in [-0.4, -0.2) is 14.7 Å². The monoisotopic (exact) mass is 234 g/mol. The Morgan fingerprint density at radius 2 is 2.29 bits per heavy atom. The van der Waals surface area contributed by atoms with Crippen molar-refractivity contribution in [2.24, 2.45) is 7.05 Å². The highest BCUT2D eigenvalue weighted by molar-refractivity contribution is 5.66. The summed E-state index contributed by atoms with van der Waals surface area (Å²) in [7, 11) is 1.72. The summed E-state index contributed by atoms with van der Waals surface area (Å²) in [5.74, 6) is 0.518. The number of nitrogen functional groups attached to an aromatic ring is 1. The highest BCUT2D eigenvalue weighted by Crippen LogP contribution is 2.35. The molecule has 0 amide bonds. The van der Waals surface area contributed by atoms with Crippen molar-refractivity contribution in [2.75, 3.05) is 5.73 Å². The Hall–Kier alpha value is -2.57. The van der Waals surface area contributed by atoms with Crippen molar-refractivity contribution in [2.45, 2.75) is 0 Å². The average Bonchev–Trinajstić information content (AvgIpc) is 2.63. The number of ether oxygens (including phenoxy) is 1.